The van der Waals surface area contributed by atoms with Gasteiger partial charge in [-0.1, -0.05) is 12.1 Å². The minimum atomic E-state index is -0.480. The minimum Gasteiger partial charge on any atom is -0.399 e. The lowest BCUT2D eigenvalue weighted by atomic mass is 9.77. The van der Waals surface area contributed by atoms with Gasteiger partial charge in [0.1, 0.15) is 0 Å². The Morgan fingerprint density at radius 1 is 1.25 bits per heavy atom. The van der Waals surface area contributed by atoms with E-state index in [-0.39, 0.29) is 5.91 Å². The van der Waals surface area contributed by atoms with Crippen molar-refractivity contribution in [2.45, 2.75) is 58.3 Å². The van der Waals surface area contributed by atoms with Gasteiger partial charge >= 0.3 is 7.12 Å². The van der Waals surface area contributed by atoms with Crippen LogP contribution in [0.15, 0.2) is 18.2 Å². The zero-order valence-corrected chi connectivity index (χ0v) is 15.1. The van der Waals surface area contributed by atoms with E-state index in [4.69, 9.17) is 9.31 Å². The Kier molecular flexibility index (Phi) is 4.27. The smallest absolute Gasteiger partial charge is 0.399 e. The Bertz CT molecular complexity index is 642. The molecule has 1 aromatic rings. The van der Waals surface area contributed by atoms with Crippen molar-refractivity contribution in [3.05, 3.63) is 29.3 Å². The number of hydrogen-bond donors (Lipinski definition) is 1. The average molecular weight is 331 g/mol. The molecule has 3 rings (SSSR count). The fourth-order valence-electron chi connectivity index (χ4n) is 3.09. The molecule has 2 saturated heterocycles. The van der Waals surface area contributed by atoms with Gasteiger partial charge in [0, 0.05) is 18.7 Å². The number of benzene rings is 1. The minimum absolute atomic E-state index is 0.0394. The Morgan fingerprint density at radius 2 is 1.88 bits per heavy atom. The Morgan fingerprint density at radius 3 is 2.42 bits per heavy atom. The molecule has 0 bridgehead atoms. The van der Waals surface area contributed by atoms with Crippen molar-refractivity contribution in [3.8, 4) is 0 Å². The van der Waals surface area contributed by atoms with Crippen molar-refractivity contribution >= 4 is 18.5 Å². The van der Waals surface area contributed by atoms with Gasteiger partial charge in [0.2, 0.25) is 0 Å². The van der Waals surface area contributed by atoms with Gasteiger partial charge in [0.15, 0.2) is 0 Å². The molecule has 2 heterocycles. The molecule has 24 heavy (non-hydrogen) atoms. The number of aryl methyl sites for hydroxylation is 1. The van der Waals surface area contributed by atoms with E-state index in [1.54, 1.807) is 4.90 Å². The molecule has 0 saturated carbocycles. The van der Waals surface area contributed by atoms with Gasteiger partial charge in [0.25, 0.3) is 5.91 Å². The van der Waals surface area contributed by atoms with Crippen LogP contribution in [0, 0.1) is 6.92 Å². The molecule has 1 aromatic carbocycles. The topological polar surface area (TPSA) is 59.0 Å². The van der Waals surface area contributed by atoms with Gasteiger partial charge < -0.3 is 19.3 Å². The molecule has 6 heteroatoms. The van der Waals surface area contributed by atoms with Crippen molar-refractivity contribution in [3.63, 3.8) is 0 Å². The summed E-state index contributed by atoms with van der Waals surface area (Å²) in [5.41, 5.74) is 1.60. The van der Waals surface area contributed by atoms with Gasteiger partial charge in [-0.15, -0.1) is 0 Å². The Balaban J connectivity index is 1.86. The van der Waals surface area contributed by atoms with Crippen LogP contribution >= 0.6 is 0 Å². The summed E-state index contributed by atoms with van der Waals surface area (Å²) in [6.07, 6.45) is 0.224. The maximum atomic E-state index is 12.8. The first-order valence-corrected chi connectivity index (χ1v) is 8.54. The maximum Gasteiger partial charge on any atom is 0.494 e. The molecule has 1 amide bonds. The van der Waals surface area contributed by atoms with Crippen LogP contribution < -0.4 is 5.46 Å². The summed E-state index contributed by atoms with van der Waals surface area (Å²) in [4.78, 5) is 14.5. The molecule has 0 aromatic heterocycles. The number of carbonyl (C=O) groups is 1. The number of hydrogen-bond acceptors (Lipinski definition) is 4. The van der Waals surface area contributed by atoms with E-state index in [1.807, 2.05) is 52.8 Å². The molecule has 5 nitrogen and oxygen atoms in total. The van der Waals surface area contributed by atoms with Crippen LogP contribution in [-0.4, -0.2) is 53.4 Å². The van der Waals surface area contributed by atoms with Crippen molar-refractivity contribution in [1.29, 1.82) is 0 Å². The zero-order valence-electron chi connectivity index (χ0n) is 15.1. The van der Waals surface area contributed by atoms with Crippen LogP contribution in [0.4, 0.5) is 0 Å². The van der Waals surface area contributed by atoms with Crippen LogP contribution in [0.3, 0.4) is 0 Å². The third-order valence-electron chi connectivity index (χ3n) is 5.47. The highest BCUT2D eigenvalue weighted by molar-refractivity contribution is 6.62. The summed E-state index contributed by atoms with van der Waals surface area (Å²) in [6.45, 7) is 11.0. The molecule has 1 atom stereocenters. The van der Waals surface area contributed by atoms with E-state index in [9.17, 15) is 9.90 Å². The van der Waals surface area contributed by atoms with Crippen molar-refractivity contribution < 1.29 is 19.2 Å². The quantitative estimate of drug-likeness (QED) is 0.835. The first-order chi connectivity index (χ1) is 11.1. The number of likely N-dealkylation sites (tertiary alicyclic amines) is 1. The first-order valence-electron chi connectivity index (χ1n) is 8.54. The number of aliphatic hydroxyl groups is 1. The van der Waals surface area contributed by atoms with Gasteiger partial charge in [-0.05, 0) is 58.1 Å². The lowest BCUT2D eigenvalue weighted by molar-refractivity contribution is 0.00578. The second-order valence-corrected chi connectivity index (χ2v) is 7.86. The largest absolute Gasteiger partial charge is 0.494 e. The molecule has 130 valence electrons. The van der Waals surface area contributed by atoms with E-state index in [2.05, 4.69) is 0 Å². The van der Waals surface area contributed by atoms with E-state index in [0.717, 1.165) is 11.0 Å². The lowest BCUT2D eigenvalue weighted by Gasteiger charge is -2.32. The van der Waals surface area contributed by atoms with Gasteiger partial charge in [0.05, 0.1) is 17.3 Å². The monoisotopic (exact) mass is 331 g/mol. The van der Waals surface area contributed by atoms with Gasteiger partial charge in [-0.2, -0.15) is 0 Å². The summed E-state index contributed by atoms with van der Waals surface area (Å²) < 4.78 is 12.2. The molecular formula is C18H26BNO4. The molecule has 1 N–H and O–H groups in total. The highest BCUT2D eigenvalue weighted by atomic mass is 16.7. The van der Waals surface area contributed by atoms with Gasteiger partial charge in [-0.25, -0.2) is 0 Å². The maximum absolute atomic E-state index is 12.8. The number of carbonyl (C=O) groups excluding carboxylic acids is 1. The second-order valence-electron chi connectivity index (χ2n) is 7.86. The summed E-state index contributed by atoms with van der Waals surface area (Å²) in [5.74, 6) is -0.0394. The lowest BCUT2D eigenvalue weighted by Crippen LogP contribution is -2.41. The van der Waals surface area contributed by atoms with E-state index in [0.29, 0.717) is 25.1 Å². The van der Waals surface area contributed by atoms with Gasteiger partial charge in [-0.3, -0.25) is 4.79 Å². The number of amides is 1. The van der Waals surface area contributed by atoms with Crippen LogP contribution in [-0.2, 0) is 9.31 Å². The summed E-state index contributed by atoms with van der Waals surface area (Å²) >= 11 is 0. The Labute approximate surface area is 144 Å². The normalized spacial score (nSPS) is 25.3. The molecule has 0 radical (unpaired) electrons. The third-order valence-corrected chi connectivity index (χ3v) is 5.47. The molecule has 0 aliphatic carbocycles. The number of aliphatic hydroxyl groups excluding tert-OH is 1. The molecule has 2 aliphatic rings. The first kappa shape index (κ1) is 17.5. The standard InChI is InChI=1S/C18H26BNO4/c1-12-6-7-13(19-23-17(2,3)18(4,5)24-19)10-15(12)16(22)20-9-8-14(21)11-20/h6-7,10,14,21H,8-9,11H2,1-5H3/t14-/m0/s1. The highest BCUT2D eigenvalue weighted by Gasteiger charge is 2.51. The molecule has 2 aliphatic heterocycles. The fraction of sp³-hybridized carbons (Fsp3) is 0.611. The highest BCUT2D eigenvalue weighted by Crippen LogP contribution is 2.36. The fourth-order valence-corrected chi connectivity index (χ4v) is 3.09. The average Bonchev–Trinajstić information content (AvgIpc) is 3.00. The van der Waals surface area contributed by atoms with Crippen LogP contribution in [0.2, 0.25) is 0 Å². The SMILES string of the molecule is Cc1ccc(B2OC(C)(C)C(C)(C)O2)cc1C(=O)N1CC[C@H](O)C1. The number of β-amino-alcohol motifs (C(OH)–C–C–N with tert-alkyl or cyclic N) is 1. The van der Waals surface area contributed by atoms with Crippen LogP contribution in [0.25, 0.3) is 0 Å². The summed E-state index contributed by atoms with van der Waals surface area (Å²) in [6, 6.07) is 5.75. The number of nitrogens with zero attached hydrogens (tertiary/aromatic N) is 1. The Hall–Kier alpha value is -1.37. The van der Waals surface area contributed by atoms with Crippen LogP contribution in [0.1, 0.15) is 50.0 Å². The van der Waals surface area contributed by atoms with E-state index >= 15 is 0 Å². The predicted octanol–water partition coefficient (Wildman–Crippen LogP) is 1.50. The predicted molar refractivity (Wildman–Crippen MR) is 93.4 cm³/mol. The second kappa shape index (κ2) is 5.86. The van der Waals surface area contributed by atoms with E-state index in [1.165, 1.54) is 0 Å². The van der Waals surface area contributed by atoms with Crippen LogP contribution in [0.5, 0.6) is 0 Å². The molecule has 0 spiro atoms. The summed E-state index contributed by atoms with van der Waals surface area (Å²) in [7, 11) is -0.480. The van der Waals surface area contributed by atoms with E-state index < -0.39 is 24.4 Å². The number of rotatable bonds is 2. The molecular weight excluding hydrogens is 305 g/mol. The summed E-state index contributed by atoms with van der Waals surface area (Å²) in [5, 5.41) is 9.67. The van der Waals surface area contributed by atoms with Crippen molar-refractivity contribution in [1.82, 2.24) is 4.90 Å². The van der Waals surface area contributed by atoms with Crippen molar-refractivity contribution in [2.75, 3.05) is 13.1 Å². The molecule has 0 unspecified atom stereocenters. The zero-order chi connectivity index (χ0) is 17.7. The van der Waals surface area contributed by atoms with Crippen molar-refractivity contribution in [2.24, 2.45) is 0 Å². The third kappa shape index (κ3) is 2.98. The molecule has 2 fully saturated rings.